The van der Waals surface area contributed by atoms with Gasteiger partial charge in [-0.25, -0.2) is 4.98 Å². The summed E-state index contributed by atoms with van der Waals surface area (Å²) in [6, 6.07) is 5.23. The number of methoxy groups -OCH3 is 1. The molecule has 1 amide bonds. The predicted octanol–water partition coefficient (Wildman–Crippen LogP) is 2.30. The first-order valence-electron chi connectivity index (χ1n) is 9.18. The van der Waals surface area contributed by atoms with E-state index in [4.69, 9.17) is 4.74 Å². The van der Waals surface area contributed by atoms with Crippen molar-refractivity contribution in [2.45, 2.75) is 0 Å². The van der Waals surface area contributed by atoms with Crippen LogP contribution < -0.4 is 10.5 Å². The normalized spacial score (nSPS) is 13.4. The summed E-state index contributed by atoms with van der Waals surface area (Å²) in [6.07, 6.45) is 12.8. The summed E-state index contributed by atoms with van der Waals surface area (Å²) in [5.74, 6) is 0.438. The van der Waals surface area contributed by atoms with Crippen LogP contribution in [0.5, 0.6) is 0 Å². The molecule has 1 aromatic carbocycles. The first-order chi connectivity index (χ1) is 14.1. The van der Waals surface area contributed by atoms with Gasteiger partial charge in [-0.2, -0.15) is 0 Å². The minimum absolute atomic E-state index is 0.122. The highest BCUT2D eigenvalue weighted by Gasteiger charge is 2.17. The number of nitrogens with one attached hydrogen (secondary N) is 1. The number of aromatic nitrogens is 3. The summed E-state index contributed by atoms with van der Waals surface area (Å²) in [4.78, 5) is 36.1. The number of anilines is 1. The number of carbonyl (C=O) groups excluding carboxylic acids is 1. The minimum atomic E-state index is -0.242. The zero-order chi connectivity index (χ0) is 20.4. The number of likely N-dealkylation sites (N-methyl/N-ethyl adjacent to an activating group) is 1. The number of hydrogen-bond acceptors (Lipinski definition) is 5. The lowest BCUT2D eigenvalue weighted by Gasteiger charge is -2.18. The first kappa shape index (κ1) is 18.7. The van der Waals surface area contributed by atoms with Gasteiger partial charge in [0.2, 0.25) is 5.95 Å². The fourth-order valence-corrected chi connectivity index (χ4v) is 3.21. The molecular weight excluding hydrogens is 370 g/mol. The summed E-state index contributed by atoms with van der Waals surface area (Å²) in [6.45, 7) is 0.946. The number of fused-ring (bicyclic) bond motifs is 3. The molecule has 0 spiro atoms. The maximum Gasteiger partial charge on any atom is 0.274 e. The van der Waals surface area contributed by atoms with Crippen molar-refractivity contribution >= 4 is 28.4 Å². The van der Waals surface area contributed by atoms with E-state index in [1.807, 2.05) is 41.6 Å². The number of nitrogens with zero attached hydrogens (tertiary/aromatic N) is 4. The molecule has 4 rings (SSSR count). The number of amides is 1. The maximum atomic E-state index is 12.8. The van der Waals surface area contributed by atoms with Gasteiger partial charge in [0.1, 0.15) is 5.52 Å². The molecule has 0 radical (unpaired) electrons. The van der Waals surface area contributed by atoms with Gasteiger partial charge in [0.05, 0.1) is 23.8 Å². The number of aromatic amines is 1. The molecule has 0 aliphatic carbocycles. The monoisotopic (exact) mass is 391 g/mol. The molecule has 0 saturated carbocycles. The van der Waals surface area contributed by atoms with Crippen molar-refractivity contribution in [1.29, 1.82) is 0 Å². The molecule has 8 nitrogen and oxygen atoms in total. The van der Waals surface area contributed by atoms with Crippen LogP contribution in [0.3, 0.4) is 0 Å². The van der Waals surface area contributed by atoms with Gasteiger partial charge in [0, 0.05) is 38.7 Å². The highest BCUT2D eigenvalue weighted by molar-refractivity contribution is 5.97. The molecule has 8 heteroatoms. The minimum Gasteiger partial charge on any atom is -0.383 e. The van der Waals surface area contributed by atoms with Crippen LogP contribution in [-0.2, 0) is 4.74 Å². The number of carbonyl (C=O) groups is 1. The van der Waals surface area contributed by atoms with E-state index < -0.39 is 0 Å². The number of ether oxygens (including phenoxy) is 1. The molecule has 1 aliphatic heterocycles. The van der Waals surface area contributed by atoms with Gasteiger partial charge in [0.25, 0.3) is 11.5 Å². The number of H-pyrrole nitrogens is 1. The largest absolute Gasteiger partial charge is 0.383 e. The average molecular weight is 391 g/mol. The smallest absolute Gasteiger partial charge is 0.274 e. The second-order valence-corrected chi connectivity index (χ2v) is 6.66. The zero-order valence-corrected chi connectivity index (χ0v) is 16.2. The van der Waals surface area contributed by atoms with Gasteiger partial charge in [-0.05, 0) is 30.4 Å². The SMILES string of the molecule is COCCN(C)C(=O)c1ccc2[nH]c(=O)c3cnc(N4C=CC=CC=C4)n3c2c1. The number of imidazole rings is 1. The Hall–Kier alpha value is -3.65. The molecule has 0 atom stereocenters. The van der Waals surface area contributed by atoms with E-state index in [0.29, 0.717) is 41.2 Å². The van der Waals surface area contributed by atoms with Crippen molar-refractivity contribution in [3.63, 3.8) is 0 Å². The fourth-order valence-electron chi connectivity index (χ4n) is 3.21. The second-order valence-electron chi connectivity index (χ2n) is 6.66. The van der Waals surface area contributed by atoms with E-state index in [9.17, 15) is 9.59 Å². The van der Waals surface area contributed by atoms with E-state index >= 15 is 0 Å². The van der Waals surface area contributed by atoms with Crippen LogP contribution in [0.2, 0.25) is 0 Å². The van der Waals surface area contributed by atoms with Crippen molar-refractivity contribution in [2.75, 3.05) is 32.2 Å². The van der Waals surface area contributed by atoms with E-state index in [-0.39, 0.29) is 11.5 Å². The first-order valence-corrected chi connectivity index (χ1v) is 9.18. The summed E-state index contributed by atoms with van der Waals surface area (Å²) >= 11 is 0. The number of rotatable bonds is 5. The van der Waals surface area contributed by atoms with E-state index in [1.54, 1.807) is 41.7 Å². The number of benzene rings is 1. The molecule has 0 bridgehead atoms. The number of allylic oxidation sites excluding steroid dienone is 4. The Morgan fingerprint density at radius 3 is 2.66 bits per heavy atom. The average Bonchev–Trinajstić information content (AvgIpc) is 3.01. The van der Waals surface area contributed by atoms with Crippen molar-refractivity contribution in [1.82, 2.24) is 19.3 Å². The highest BCUT2D eigenvalue weighted by Crippen LogP contribution is 2.22. The summed E-state index contributed by atoms with van der Waals surface area (Å²) in [5, 5.41) is 0. The third-order valence-electron chi connectivity index (χ3n) is 4.74. The maximum absolute atomic E-state index is 12.8. The Labute approximate surface area is 167 Å². The third-order valence-corrected chi connectivity index (χ3v) is 4.74. The Balaban J connectivity index is 1.87. The van der Waals surface area contributed by atoms with E-state index in [2.05, 4.69) is 9.97 Å². The van der Waals surface area contributed by atoms with Gasteiger partial charge < -0.3 is 14.6 Å². The Kier molecular flexibility index (Phi) is 5.01. The van der Waals surface area contributed by atoms with Crippen LogP contribution in [0.25, 0.3) is 16.6 Å². The quantitative estimate of drug-likeness (QED) is 0.722. The van der Waals surface area contributed by atoms with Gasteiger partial charge in [0.15, 0.2) is 0 Å². The van der Waals surface area contributed by atoms with Crippen molar-refractivity contribution in [3.8, 4) is 0 Å². The highest BCUT2D eigenvalue weighted by atomic mass is 16.5. The molecule has 3 aromatic rings. The zero-order valence-electron chi connectivity index (χ0n) is 16.2. The van der Waals surface area contributed by atoms with Crippen LogP contribution in [0.15, 0.2) is 65.9 Å². The lowest BCUT2D eigenvalue weighted by molar-refractivity contribution is 0.0744. The second kappa shape index (κ2) is 7.76. The van der Waals surface area contributed by atoms with Crippen LogP contribution >= 0.6 is 0 Å². The van der Waals surface area contributed by atoms with Crippen molar-refractivity contribution in [2.24, 2.45) is 0 Å². The van der Waals surface area contributed by atoms with Crippen LogP contribution in [0, 0.1) is 0 Å². The topological polar surface area (TPSA) is 82.9 Å². The molecule has 29 heavy (non-hydrogen) atoms. The molecule has 3 heterocycles. The Morgan fingerprint density at radius 1 is 1.17 bits per heavy atom. The molecule has 148 valence electrons. The van der Waals surface area contributed by atoms with Gasteiger partial charge in [-0.1, -0.05) is 12.2 Å². The molecule has 1 N–H and O–H groups in total. The van der Waals surface area contributed by atoms with E-state index in [0.717, 1.165) is 0 Å². The lowest BCUT2D eigenvalue weighted by Crippen LogP contribution is -2.30. The van der Waals surface area contributed by atoms with Crippen molar-refractivity contribution < 1.29 is 9.53 Å². The van der Waals surface area contributed by atoms with E-state index in [1.165, 1.54) is 6.20 Å². The lowest BCUT2D eigenvalue weighted by atomic mass is 10.1. The van der Waals surface area contributed by atoms with Gasteiger partial charge in [-0.3, -0.25) is 18.9 Å². The standard InChI is InChI=1S/C21H21N5O3/c1-24(11-12-29-2)20(28)15-7-8-16-17(13-15)26-18(19(27)23-16)14-22-21(26)25-9-5-3-4-6-10-25/h3-10,13-14H,11-12H2,1-2H3,(H,23,27). The van der Waals surface area contributed by atoms with Crippen LogP contribution in [0.4, 0.5) is 5.95 Å². The molecule has 0 fully saturated rings. The predicted molar refractivity (Wildman–Crippen MR) is 112 cm³/mol. The molecule has 1 aliphatic rings. The number of hydrogen-bond donors (Lipinski definition) is 1. The van der Waals surface area contributed by atoms with Crippen molar-refractivity contribution in [3.05, 3.63) is 77.0 Å². The van der Waals surface area contributed by atoms with Crippen LogP contribution in [0.1, 0.15) is 10.4 Å². The molecule has 0 saturated heterocycles. The summed E-state index contributed by atoms with van der Waals surface area (Å²) < 4.78 is 6.82. The molecule has 0 unspecified atom stereocenters. The molecule has 2 aromatic heterocycles. The Bertz CT molecular complexity index is 1200. The summed E-state index contributed by atoms with van der Waals surface area (Å²) in [5.41, 5.74) is 2.00. The van der Waals surface area contributed by atoms with Crippen LogP contribution in [-0.4, -0.2) is 52.5 Å². The Morgan fingerprint density at radius 2 is 1.93 bits per heavy atom. The fraction of sp³-hybridized carbons (Fsp3) is 0.190. The third kappa shape index (κ3) is 3.45. The molecular formula is C21H21N5O3. The van der Waals surface area contributed by atoms with Gasteiger partial charge >= 0.3 is 0 Å². The summed E-state index contributed by atoms with van der Waals surface area (Å²) in [7, 11) is 3.33. The van der Waals surface area contributed by atoms with Gasteiger partial charge in [-0.15, -0.1) is 0 Å².